The zero-order valence-corrected chi connectivity index (χ0v) is 29.0. The largest absolute Gasteiger partial charge is 0.495 e. The number of amides is 1. The number of carbonyl (C=O) groups is 1. The first-order chi connectivity index (χ1) is 23.9. The first kappa shape index (κ1) is 36.8. The van der Waals surface area contributed by atoms with E-state index in [1.165, 1.54) is 12.0 Å². The van der Waals surface area contributed by atoms with Crippen molar-refractivity contribution in [2.45, 2.75) is 52.1 Å². The zero-order chi connectivity index (χ0) is 36.1. The second kappa shape index (κ2) is 15.6. The molecule has 1 aliphatic rings. The molecule has 50 heavy (non-hydrogen) atoms. The summed E-state index contributed by atoms with van der Waals surface area (Å²) in [7, 11) is -0.378. The van der Waals surface area contributed by atoms with Crippen molar-refractivity contribution in [3.63, 3.8) is 0 Å². The minimum atomic E-state index is -4.82. The number of benzene rings is 2. The van der Waals surface area contributed by atoms with Crippen molar-refractivity contribution < 1.29 is 41.4 Å². The Bertz CT molecular complexity index is 1880. The second-order valence-corrected chi connectivity index (χ2v) is 13.5. The number of nitrogens with zero attached hydrogens (tertiary/aromatic N) is 5. The topological polar surface area (TPSA) is 153 Å². The monoisotopic (exact) mass is 717 g/mol. The van der Waals surface area contributed by atoms with E-state index in [0.29, 0.717) is 41.7 Å². The van der Waals surface area contributed by atoms with E-state index >= 15 is 0 Å². The lowest BCUT2D eigenvalue weighted by Gasteiger charge is -2.19. The molecular weight excluding hydrogens is 678 g/mol. The van der Waals surface area contributed by atoms with Crippen LogP contribution in [-0.4, -0.2) is 69.6 Å². The van der Waals surface area contributed by atoms with E-state index in [1.54, 1.807) is 62.1 Å². The summed E-state index contributed by atoms with van der Waals surface area (Å²) in [6, 6.07) is 8.15. The number of carbonyl (C=O) groups excluding carboxylic acids is 1. The SMILES string of the molecule is CCOP(=O)(Cc1ccc(Nc2ncc(C(F)(F)F)c(Nc3ccc(-c4cnn(CCCCO)c4)c4c3C(=O)N(C)C4)n2)c(OC)c1)OCC. The molecule has 4 aromatic rings. The molecule has 0 spiro atoms. The van der Waals surface area contributed by atoms with Crippen LogP contribution in [0.3, 0.4) is 0 Å². The number of alkyl halides is 3. The van der Waals surface area contributed by atoms with E-state index in [1.807, 2.05) is 6.20 Å². The number of hydrogen-bond donors (Lipinski definition) is 3. The minimum Gasteiger partial charge on any atom is -0.495 e. The maximum absolute atomic E-state index is 14.2. The summed E-state index contributed by atoms with van der Waals surface area (Å²) >= 11 is 0. The van der Waals surface area contributed by atoms with E-state index in [4.69, 9.17) is 18.9 Å². The van der Waals surface area contributed by atoms with Gasteiger partial charge in [0.25, 0.3) is 5.91 Å². The van der Waals surface area contributed by atoms with Gasteiger partial charge in [0.1, 0.15) is 17.1 Å². The summed E-state index contributed by atoms with van der Waals surface area (Å²) in [6.45, 7) is 4.76. The highest BCUT2D eigenvalue weighted by atomic mass is 31.2. The van der Waals surface area contributed by atoms with Crippen LogP contribution < -0.4 is 15.4 Å². The molecule has 0 atom stereocenters. The Kier molecular flexibility index (Phi) is 11.5. The molecule has 268 valence electrons. The van der Waals surface area contributed by atoms with Crippen molar-refractivity contribution in [1.29, 1.82) is 0 Å². The molecule has 0 saturated carbocycles. The first-order valence-electron chi connectivity index (χ1n) is 16.0. The van der Waals surface area contributed by atoms with Crippen molar-refractivity contribution in [2.24, 2.45) is 0 Å². The van der Waals surface area contributed by atoms with Crippen LogP contribution in [0.4, 0.5) is 36.3 Å². The lowest BCUT2D eigenvalue weighted by molar-refractivity contribution is -0.137. The van der Waals surface area contributed by atoms with Crippen LogP contribution in [0.1, 0.15) is 53.7 Å². The molecule has 13 nitrogen and oxygen atoms in total. The Balaban J connectivity index is 1.46. The molecule has 17 heteroatoms. The van der Waals surface area contributed by atoms with Gasteiger partial charge in [-0.05, 0) is 61.6 Å². The normalized spacial score (nSPS) is 13.1. The highest BCUT2D eigenvalue weighted by Crippen LogP contribution is 2.52. The maximum atomic E-state index is 14.2. The fourth-order valence-corrected chi connectivity index (χ4v) is 7.30. The summed E-state index contributed by atoms with van der Waals surface area (Å²) < 4.78 is 73.7. The average molecular weight is 718 g/mol. The van der Waals surface area contributed by atoms with E-state index in [-0.39, 0.29) is 55.6 Å². The van der Waals surface area contributed by atoms with Gasteiger partial charge >= 0.3 is 13.8 Å². The Morgan fingerprint density at radius 2 is 1.78 bits per heavy atom. The molecule has 0 saturated heterocycles. The van der Waals surface area contributed by atoms with Crippen LogP contribution >= 0.6 is 7.60 Å². The number of aryl methyl sites for hydroxylation is 1. The number of aliphatic hydroxyl groups excluding tert-OH is 1. The third kappa shape index (κ3) is 8.27. The Morgan fingerprint density at radius 1 is 1.04 bits per heavy atom. The Hall–Kier alpha value is -4.50. The van der Waals surface area contributed by atoms with Crippen molar-refractivity contribution in [1.82, 2.24) is 24.6 Å². The molecular formula is C33H39F3N7O6P. The van der Waals surface area contributed by atoms with Crippen molar-refractivity contribution in [3.05, 3.63) is 71.2 Å². The van der Waals surface area contributed by atoms with Crippen LogP contribution in [0.25, 0.3) is 11.1 Å². The van der Waals surface area contributed by atoms with E-state index in [9.17, 15) is 22.5 Å². The van der Waals surface area contributed by atoms with Crippen molar-refractivity contribution in [2.75, 3.05) is 44.6 Å². The van der Waals surface area contributed by atoms with Crippen molar-refractivity contribution >= 4 is 36.6 Å². The van der Waals surface area contributed by atoms with Gasteiger partial charge in [0.05, 0.1) is 49.6 Å². The van der Waals surface area contributed by atoms with E-state index < -0.39 is 25.2 Å². The van der Waals surface area contributed by atoms with Gasteiger partial charge in [-0.25, -0.2) is 4.98 Å². The van der Waals surface area contributed by atoms with Crippen LogP contribution in [-0.2, 0) is 39.0 Å². The second-order valence-electron chi connectivity index (χ2n) is 11.4. The molecule has 0 unspecified atom stereocenters. The summed E-state index contributed by atoms with van der Waals surface area (Å²) in [5.74, 6) is -0.803. The van der Waals surface area contributed by atoms with Gasteiger partial charge in [-0.3, -0.25) is 14.0 Å². The molecule has 3 heterocycles. The van der Waals surface area contributed by atoms with Gasteiger partial charge in [-0.2, -0.15) is 23.3 Å². The summed E-state index contributed by atoms with van der Waals surface area (Å²) in [4.78, 5) is 22.9. The highest BCUT2D eigenvalue weighted by molar-refractivity contribution is 7.53. The lowest BCUT2D eigenvalue weighted by Crippen LogP contribution is -2.18. The van der Waals surface area contributed by atoms with E-state index in [2.05, 4.69) is 25.7 Å². The number of hydrogen-bond acceptors (Lipinski definition) is 11. The number of methoxy groups -OCH3 is 1. The average Bonchev–Trinajstić information content (AvgIpc) is 3.65. The van der Waals surface area contributed by atoms with Gasteiger partial charge in [-0.1, -0.05) is 12.1 Å². The number of unbranched alkanes of at least 4 members (excludes halogenated alkanes) is 1. The van der Waals surface area contributed by atoms with Crippen LogP contribution in [0, 0.1) is 0 Å². The molecule has 0 fully saturated rings. The molecule has 1 amide bonds. The molecule has 0 radical (unpaired) electrons. The van der Waals surface area contributed by atoms with Crippen molar-refractivity contribution in [3.8, 4) is 16.9 Å². The highest BCUT2D eigenvalue weighted by Gasteiger charge is 2.37. The molecule has 2 aromatic heterocycles. The minimum absolute atomic E-state index is 0.0137. The molecule has 0 bridgehead atoms. The first-order valence-corrected chi connectivity index (χ1v) is 17.7. The summed E-state index contributed by atoms with van der Waals surface area (Å²) in [6.07, 6.45) is 0.715. The Labute approximate surface area is 287 Å². The molecule has 2 aromatic carbocycles. The number of nitrogens with one attached hydrogen (secondary N) is 2. The molecule has 0 aliphatic carbocycles. The zero-order valence-electron chi connectivity index (χ0n) is 28.1. The summed E-state index contributed by atoms with van der Waals surface area (Å²) in [5.41, 5.74) is 2.30. The number of aliphatic hydroxyl groups is 1. The molecule has 5 rings (SSSR count). The van der Waals surface area contributed by atoms with E-state index in [0.717, 1.165) is 17.5 Å². The fourth-order valence-electron chi connectivity index (χ4n) is 5.62. The predicted molar refractivity (Wildman–Crippen MR) is 181 cm³/mol. The number of aromatic nitrogens is 4. The van der Waals surface area contributed by atoms with Gasteiger partial charge < -0.3 is 34.4 Å². The summed E-state index contributed by atoms with van der Waals surface area (Å²) in [5, 5.41) is 19.1. The quantitative estimate of drug-likeness (QED) is 0.0813. The number of halogens is 3. The van der Waals surface area contributed by atoms with Crippen LogP contribution in [0.2, 0.25) is 0 Å². The number of fused-ring (bicyclic) bond motifs is 1. The smallest absolute Gasteiger partial charge is 0.421 e. The fraction of sp³-hybridized carbons (Fsp3) is 0.394. The van der Waals surface area contributed by atoms with Gasteiger partial charge in [0.15, 0.2) is 0 Å². The predicted octanol–water partition coefficient (Wildman–Crippen LogP) is 6.98. The third-order valence-corrected chi connectivity index (χ3v) is 9.95. The molecule has 1 aliphatic heterocycles. The van der Waals surface area contributed by atoms with Crippen LogP contribution in [0.15, 0.2) is 48.9 Å². The van der Waals surface area contributed by atoms with Gasteiger partial charge in [0.2, 0.25) is 5.95 Å². The van der Waals surface area contributed by atoms with Gasteiger partial charge in [-0.15, -0.1) is 0 Å². The number of ether oxygens (including phenoxy) is 1. The molecule has 3 N–H and O–H groups in total. The van der Waals surface area contributed by atoms with Crippen LogP contribution in [0.5, 0.6) is 5.75 Å². The third-order valence-electron chi connectivity index (χ3n) is 7.90. The Morgan fingerprint density at radius 3 is 2.46 bits per heavy atom. The lowest BCUT2D eigenvalue weighted by atomic mass is 9.97. The standard InChI is InChI=1S/C33H39F3N7O6P/c1-5-48-50(46,49-6-2)20-21-9-11-26(28(15-21)47-4)40-32-37-17-25(33(34,35)36)30(41-32)39-27-12-10-23(24-19-42(3)31(45)29(24)27)22-16-38-43(18-22)13-7-8-14-44/h9-12,15-18,44H,5-8,13-14,19-20H2,1-4H3,(H2,37,39,40,41). The maximum Gasteiger partial charge on any atom is 0.421 e. The number of anilines is 4. The number of rotatable bonds is 16. The van der Waals surface area contributed by atoms with Gasteiger partial charge in [0, 0.05) is 44.7 Å².